The standard InChI is InChI=1S/C35H35N5O/c1-35(2,3)39-18-16-38(17-19-39)29-8-10-30(11-9-29)40-33(41)13-7-27-23-37-32-12-6-26(21-31(32)34(27)40)25-5-4-24-14-15-36-22-28(24)20-25/h4-15,20-23,33,41H,16-19H2,1-3H3. The van der Waals surface area contributed by atoms with Crippen molar-refractivity contribution in [1.29, 1.82) is 0 Å². The minimum Gasteiger partial charge on any atom is -0.370 e. The number of aliphatic hydroxyl groups excluding tert-OH is 1. The van der Waals surface area contributed by atoms with E-state index < -0.39 is 6.23 Å². The number of fused-ring (bicyclic) bond motifs is 4. The quantitative estimate of drug-likeness (QED) is 0.270. The third-order valence-electron chi connectivity index (χ3n) is 8.52. The maximum absolute atomic E-state index is 11.3. The Bertz CT molecular complexity index is 1760. The Labute approximate surface area is 241 Å². The van der Waals surface area contributed by atoms with Crippen LogP contribution in [-0.4, -0.2) is 57.9 Å². The van der Waals surface area contributed by atoms with E-state index >= 15 is 0 Å². The molecule has 0 amide bonds. The number of anilines is 3. The average molecular weight is 542 g/mol. The van der Waals surface area contributed by atoms with E-state index in [1.807, 2.05) is 41.7 Å². The van der Waals surface area contributed by atoms with Gasteiger partial charge in [-0.3, -0.25) is 14.9 Å². The zero-order valence-corrected chi connectivity index (χ0v) is 23.8. The third kappa shape index (κ3) is 4.73. The highest BCUT2D eigenvalue weighted by molar-refractivity contribution is 6.01. The van der Waals surface area contributed by atoms with Gasteiger partial charge >= 0.3 is 0 Å². The Morgan fingerprint density at radius 2 is 1.51 bits per heavy atom. The van der Waals surface area contributed by atoms with Crippen molar-refractivity contribution >= 4 is 44.8 Å². The van der Waals surface area contributed by atoms with Gasteiger partial charge in [-0.15, -0.1) is 0 Å². The molecule has 0 spiro atoms. The molecule has 6 nitrogen and oxygen atoms in total. The van der Waals surface area contributed by atoms with Crippen LogP contribution >= 0.6 is 0 Å². The van der Waals surface area contributed by atoms with Gasteiger partial charge in [0.25, 0.3) is 0 Å². The molecule has 206 valence electrons. The van der Waals surface area contributed by atoms with Crippen LogP contribution in [0.15, 0.2) is 91.4 Å². The van der Waals surface area contributed by atoms with E-state index in [2.05, 4.69) is 96.2 Å². The lowest BCUT2D eigenvalue weighted by Gasteiger charge is -2.43. The summed E-state index contributed by atoms with van der Waals surface area (Å²) >= 11 is 0. The summed E-state index contributed by atoms with van der Waals surface area (Å²) in [7, 11) is 0. The van der Waals surface area contributed by atoms with Crippen molar-refractivity contribution in [3.63, 3.8) is 0 Å². The predicted molar refractivity (Wildman–Crippen MR) is 170 cm³/mol. The normalized spacial score (nSPS) is 17.8. The van der Waals surface area contributed by atoms with Crippen LogP contribution in [0.4, 0.5) is 17.1 Å². The van der Waals surface area contributed by atoms with Crippen LogP contribution in [0, 0.1) is 0 Å². The fourth-order valence-corrected chi connectivity index (χ4v) is 6.18. The molecule has 1 fully saturated rings. The van der Waals surface area contributed by atoms with Crippen molar-refractivity contribution in [3.05, 3.63) is 97.0 Å². The minimum absolute atomic E-state index is 0.199. The SMILES string of the molecule is CC(C)(C)N1CCN(c2ccc(N3c4c(cnc5ccc(-c6ccc7ccncc7c6)cc45)C=CC3O)cc2)CC1. The smallest absolute Gasteiger partial charge is 0.150 e. The second kappa shape index (κ2) is 9.98. The van der Waals surface area contributed by atoms with Crippen LogP contribution in [0.5, 0.6) is 0 Å². The molecule has 0 bridgehead atoms. The number of hydrogen-bond acceptors (Lipinski definition) is 6. The number of rotatable bonds is 3. The average Bonchev–Trinajstić information content (AvgIpc) is 3.00. The fraction of sp³-hybridized carbons (Fsp3) is 0.257. The number of aromatic nitrogens is 2. The van der Waals surface area contributed by atoms with E-state index in [-0.39, 0.29) is 5.54 Å². The number of benzene rings is 3. The summed E-state index contributed by atoms with van der Waals surface area (Å²) in [4.78, 5) is 16.1. The van der Waals surface area contributed by atoms with Gasteiger partial charge in [-0.1, -0.05) is 24.3 Å². The first kappa shape index (κ1) is 25.7. The van der Waals surface area contributed by atoms with Crippen molar-refractivity contribution in [2.24, 2.45) is 0 Å². The summed E-state index contributed by atoms with van der Waals surface area (Å²) in [6.45, 7) is 11.0. The highest BCUT2D eigenvalue weighted by atomic mass is 16.3. The maximum Gasteiger partial charge on any atom is 0.150 e. The van der Waals surface area contributed by atoms with Gasteiger partial charge in [0.2, 0.25) is 0 Å². The monoisotopic (exact) mass is 541 g/mol. The molecule has 2 aliphatic heterocycles. The van der Waals surface area contributed by atoms with E-state index in [4.69, 9.17) is 4.98 Å². The van der Waals surface area contributed by atoms with E-state index in [1.165, 1.54) is 11.1 Å². The van der Waals surface area contributed by atoms with Gasteiger partial charge in [0.1, 0.15) is 0 Å². The summed E-state index contributed by atoms with van der Waals surface area (Å²) in [5, 5.41) is 14.5. The minimum atomic E-state index is -0.773. The second-order valence-corrected chi connectivity index (χ2v) is 12.0. The summed E-state index contributed by atoms with van der Waals surface area (Å²) in [5.74, 6) is 0. The molecular weight excluding hydrogens is 506 g/mol. The zero-order valence-electron chi connectivity index (χ0n) is 23.8. The Hall–Kier alpha value is -4.26. The van der Waals surface area contributed by atoms with Crippen molar-refractivity contribution < 1.29 is 5.11 Å². The number of aliphatic hydroxyl groups is 1. The van der Waals surface area contributed by atoms with E-state index in [0.29, 0.717) is 0 Å². The molecule has 2 aromatic heterocycles. The van der Waals surface area contributed by atoms with Crippen molar-refractivity contribution in [2.75, 3.05) is 36.0 Å². The second-order valence-electron chi connectivity index (χ2n) is 12.0. The van der Waals surface area contributed by atoms with Crippen molar-refractivity contribution in [1.82, 2.24) is 14.9 Å². The van der Waals surface area contributed by atoms with E-state index in [9.17, 15) is 5.11 Å². The molecule has 4 heterocycles. The molecule has 0 saturated carbocycles. The van der Waals surface area contributed by atoms with Gasteiger partial charge in [-0.2, -0.15) is 0 Å². The van der Waals surface area contributed by atoms with Crippen molar-refractivity contribution in [3.8, 4) is 11.1 Å². The summed E-state index contributed by atoms with van der Waals surface area (Å²) < 4.78 is 0. The van der Waals surface area contributed by atoms with Crippen LogP contribution in [0.1, 0.15) is 26.3 Å². The van der Waals surface area contributed by atoms with Gasteiger partial charge in [0, 0.05) is 78.0 Å². The van der Waals surface area contributed by atoms with Crippen LogP contribution in [0.3, 0.4) is 0 Å². The van der Waals surface area contributed by atoms with E-state index in [0.717, 1.165) is 70.5 Å². The van der Waals surface area contributed by atoms with Crippen LogP contribution in [0.2, 0.25) is 0 Å². The molecule has 5 aromatic rings. The first-order valence-corrected chi connectivity index (χ1v) is 14.4. The van der Waals surface area contributed by atoms with E-state index in [1.54, 1.807) is 0 Å². The fourth-order valence-electron chi connectivity index (χ4n) is 6.18. The van der Waals surface area contributed by atoms with Gasteiger partial charge in [0.05, 0.1) is 11.2 Å². The van der Waals surface area contributed by atoms with Crippen LogP contribution < -0.4 is 9.80 Å². The topological polar surface area (TPSA) is 55.7 Å². The first-order valence-electron chi connectivity index (χ1n) is 14.4. The molecule has 7 rings (SSSR count). The van der Waals surface area contributed by atoms with Gasteiger partial charge in [0.15, 0.2) is 6.23 Å². The lowest BCUT2D eigenvalue weighted by Crippen LogP contribution is -2.53. The Morgan fingerprint density at radius 1 is 0.780 bits per heavy atom. The highest BCUT2D eigenvalue weighted by Crippen LogP contribution is 2.41. The predicted octanol–water partition coefficient (Wildman–Crippen LogP) is 6.85. The molecule has 1 unspecified atom stereocenters. The number of piperazine rings is 1. The maximum atomic E-state index is 11.3. The molecule has 3 aromatic carbocycles. The lowest BCUT2D eigenvalue weighted by molar-refractivity contribution is 0.128. The van der Waals surface area contributed by atoms with Crippen LogP contribution in [-0.2, 0) is 0 Å². The van der Waals surface area contributed by atoms with Crippen molar-refractivity contribution in [2.45, 2.75) is 32.5 Å². The molecule has 6 heteroatoms. The first-order chi connectivity index (χ1) is 19.8. The molecule has 0 radical (unpaired) electrons. The Balaban J connectivity index is 1.24. The largest absolute Gasteiger partial charge is 0.370 e. The molecular formula is C35H35N5O. The van der Waals surface area contributed by atoms with Gasteiger partial charge < -0.3 is 14.9 Å². The highest BCUT2D eigenvalue weighted by Gasteiger charge is 2.27. The molecule has 41 heavy (non-hydrogen) atoms. The zero-order chi connectivity index (χ0) is 28.1. The summed E-state index contributed by atoms with van der Waals surface area (Å²) in [5.41, 5.74) is 7.46. The molecule has 1 saturated heterocycles. The van der Waals surface area contributed by atoms with Gasteiger partial charge in [-0.05, 0) is 91.9 Å². The third-order valence-corrected chi connectivity index (χ3v) is 8.52. The number of hydrogen-bond donors (Lipinski definition) is 1. The summed E-state index contributed by atoms with van der Waals surface area (Å²) in [6.07, 6.45) is 8.65. The summed E-state index contributed by atoms with van der Waals surface area (Å²) in [6, 6.07) is 23.5. The molecule has 0 aliphatic carbocycles. The molecule has 2 aliphatic rings. The number of nitrogens with zero attached hydrogens (tertiary/aromatic N) is 5. The number of pyridine rings is 2. The molecule has 1 N–H and O–H groups in total. The molecule has 1 atom stereocenters. The van der Waals surface area contributed by atoms with Crippen LogP contribution in [0.25, 0.3) is 38.9 Å². The Kier molecular flexibility index (Phi) is 6.25. The lowest BCUT2D eigenvalue weighted by atomic mass is 9.97. The van der Waals surface area contributed by atoms with Gasteiger partial charge in [-0.25, -0.2) is 0 Å². The Morgan fingerprint density at radius 3 is 2.29 bits per heavy atom.